The summed E-state index contributed by atoms with van der Waals surface area (Å²) in [6.07, 6.45) is 0.547. The van der Waals surface area contributed by atoms with Gasteiger partial charge >= 0.3 is 5.97 Å². The Hall–Kier alpha value is -3.22. The minimum atomic E-state index is -0.762. The molecule has 7 nitrogen and oxygen atoms in total. The molecule has 0 heterocycles. The largest absolute Gasteiger partial charge is 0.460 e. The highest BCUT2D eigenvalue weighted by Crippen LogP contribution is 2.24. The molecule has 0 fully saturated rings. The Morgan fingerprint density at radius 1 is 1.20 bits per heavy atom. The molecule has 25 heavy (non-hydrogen) atoms. The van der Waals surface area contributed by atoms with Crippen LogP contribution in [-0.4, -0.2) is 16.8 Å². The number of nitro benzene ring substituents is 1. The van der Waals surface area contributed by atoms with Crippen LogP contribution >= 0.6 is 0 Å². The number of nitrogens with two attached hydrogens (primary N) is 1. The Bertz CT molecular complexity index is 789. The van der Waals surface area contributed by atoms with Crippen LogP contribution in [0.4, 0.5) is 5.69 Å². The van der Waals surface area contributed by atoms with Crippen LogP contribution < -0.4 is 5.73 Å². The first-order valence-electron chi connectivity index (χ1n) is 7.72. The van der Waals surface area contributed by atoms with Gasteiger partial charge in [-0.1, -0.05) is 37.3 Å². The predicted molar refractivity (Wildman–Crippen MR) is 90.9 cm³/mol. The van der Waals surface area contributed by atoms with E-state index < -0.39 is 22.7 Å². The molecule has 1 amide bonds. The summed E-state index contributed by atoms with van der Waals surface area (Å²) >= 11 is 0. The van der Waals surface area contributed by atoms with Gasteiger partial charge in [0.25, 0.3) is 5.69 Å². The molecule has 0 bridgehead atoms. The smallest absolute Gasteiger partial charge is 0.313 e. The molecule has 0 aliphatic carbocycles. The lowest BCUT2D eigenvalue weighted by atomic mass is 9.97. The van der Waals surface area contributed by atoms with Gasteiger partial charge in [0.05, 0.1) is 16.4 Å². The number of nitrogens with zero attached hydrogens (tertiary/aromatic N) is 1. The monoisotopic (exact) mass is 342 g/mol. The van der Waals surface area contributed by atoms with Gasteiger partial charge in [-0.3, -0.25) is 19.7 Å². The number of benzene rings is 2. The van der Waals surface area contributed by atoms with Crippen LogP contribution in [0.15, 0.2) is 48.5 Å². The van der Waals surface area contributed by atoms with Gasteiger partial charge in [0.2, 0.25) is 5.91 Å². The first kappa shape index (κ1) is 18.1. The van der Waals surface area contributed by atoms with Crippen LogP contribution in [0.25, 0.3) is 0 Å². The van der Waals surface area contributed by atoms with Crippen molar-refractivity contribution < 1.29 is 19.2 Å². The van der Waals surface area contributed by atoms with Crippen molar-refractivity contribution in [3.05, 3.63) is 75.3 Å². The second-order valence-electron chi connectivity index (χ2n) is 5.44. The van der Waals surface area contributed by atoms with E-state index in [1.165, 1.54) is 12.1 Å². The molecule has 2 aromatic rings. The fourth-order valence-electron chi connectivity index (χ4n) is 2.48. The maximum atomic E-state index is 12.3. The van der Waals surface area contributed by atoms with Crippen molar-refractivity contribution in [2.45, 2.75) is 25.9 Å². The highest BCUT2D eigenvalue weighted by atomic mass is 16.6. The van der Waals surface area contributed by atoms with Gasteiger partial charge in [-0.15, -0.1) is 0 Å². The van der Waals surface area contributed by atoms with Gasteiger partial charge in [-0.05, 0) is 24.1 Å². The number of carbonyl (C=O) groups excluding carboxylic acids is 2. The van der Waals surface area contributed by atoms with Crippen LogP contribution in [0.1, 0.15) is 40.7 Å². The quantitative estimate of drug-likeness (QED) is 0.472. The molecule has 0 saturated carbocycles. The van der Waals surface area contributed by atoms with E-state index in [1.54, 1.807) is 0 Å². The van der Waals surface area contributed by atoms with Gasteiger partial charge in [0, 0.05) is 11.6 Å². The van der Waals surface area contributed by atoms with Crippen molar-refractivity contribution in [1.29, 1.82) is 0 Å². The molecule has 130 valence electrons. The normalized spacial score (nSPS) is 11.6. The maximum absolute atomic E-state index is 12.3. The second kappa shape index (κ2) is 8.05. The topological polar surface area (TPSA) is 113 Å². The van der Waals surface area contributed by atoms with E-state index >= 15 is 0 Å². The van der Waals surface area contributed by atoms with Crippen molar-refractivity contribution in [3.8, 4) is 0 Å². The number of esters is 1. The summed E-state index contributed by atoms with van der Waals surface area (Å²) in [7, 11) is 0. The zero-order valence-electron chi connectivity index (χ0n) is 13.7. The number of carbonyl (C=O) groups is 2. The van der Waals surface area contributed by atoms with E-state index in [1.807, 2.05) is 37.3 Å². The van der Waals surface area contributed by atoms with Crippen molar-refractivity contribution in [3.63, 3.8) is 0 Å². The van der Waals surface area contributed by atoms with Crippen molar-refractivity contribution in [2.75, 3.05) is 0 Å². The molecule has 0 aliphatic rings. The zero-order valence-corrected chi connectivity index (χ0v) is 13.7. The van der Waals surface area contributed by atoms with Gasteiger partial charge in [0.1, 0.15) is 6.61 Å². The number of primary amides is 1. The number of hydrogen-bond donors (Lipinski definition) is 1. The molecule has 1 atom stereocenters. The average molecular weight is 342 g/mol. The summed E-state index contributed by atoms with van der Waals surface area (Å²) in [5.74, 6) is -1.66. The molecule has 2 rings (SSSR count). The number of rotatable bonds is 7. The summed E-state index contributed by atoms with van der Waals surface area (Å²) in [6.45, 7) is 1.61. The molecule has 0 saturated heterocycles. The third-order valence-corrected chi connectivity index (χ3v) is 3.83. The maximum Gasteiger partial charge on any atom is 0.313 e. The third kappa shape index (κ3) is 4.41. The first-order valence-corrected chi connectivity index (χ1v) is 7.72. The van der Waals surface area contributed by atoms with E-state index in [-0.39, 0.29) is 23.4 Å². The Morgan fingerprint density at radius 2 is 1.88 bits per heavy atom. The summed E-state index contributed by atoms with van der Waals surface area (Å²) in [4.78, 5) is 34.0. The van der Waals surface area contributed by atoms with E-state index in [0.29, 0.717) is 6.42 Å². The average Bonchev–Trinajstić information content (AvgIpc) is 2.61. The Balaban J connectivity index is 2.16. The molecule has 2 N–H and O–H groups in total. The molecule has 0 spiro atoms. The predicted octanol–water partition coefficient (Wildman–Crippen LogP) is 2.93. The summed E-state index contributed by atoms with van der Waals surface area (Å²) < 4.78 is 5.27. The molecular formula is C18H18N2O5. The van der Waals surface area contributed by atoms with Gasteiger partial charge in [-0.25, -0.2) is 0 Å². The van der Waals surface area contributed by atoms with Crippen LogP contribution in [0.2, 0.25) is 0 Å². The van der Waals surface area contributed by atoms with Gasteiger partial charge in [0.15, 0.2) is 0 Å². The third-order valence-electron chi connectivity index (χ3n) is 3.83. The number of amides is 1. The zero-order chi connectivity index (χ0) is 18.4. The van der Waals surface area contributed by atoms with Crippen molar-refractivity contribution in [1.82, 2.24) is 0 Å². The SMILES string of the molecule is CCC(C(=O)OCc1ccc(C(N)=O)cc1[N+](=O)[O-])c1ccccc1. The number of nitro groups is 1. The molecule has 1 unspecified atom stereocenters. The van der Waals surface area contributed by atoms with E-state index in [9.17, 15) is 19.7 Å². The Labute approximate surface area is 144 Å². The van der Waals surface area contributed by atoms with E-state index in [2.05, 4.69) is 0 Å². The minimum Gasteiger partial charge on any atom is -0.460 e. The number of ether oxygens (including phenoxy) is 1. The van der Waals surface area contributed by atoms with Gasteiger partial charge in [-0.2, -0.15) is 0 Å². The fraction of sp³-hybridized carbons (Fsp3) is 0.222. The van der Waals surface area contributed by atoms with E-state index in [0.717, 1.165) is 11.6 Å². The fourth-order valence-corrected chi connectivity index (χ4v) is 2.48. The van der Waals surface area contributed by atoms with Crippen LogP contribution in [-0.2, 0) is 16.1 Å². The standard InChI is InChI=1S/C18H18N2O5/c1-2-15(12-6-4-3-5-7-12)18(22)25-11-14-9-8-13(17(19)21)10-16(14)20(23)24/h3-10,15H,2,11H2,1H3,(H2,19,21). The van der Waals surface area contributed by atoms with Crippen molar-refractivity contribution >= 4 is 17.6 Å². The molecule has 0 aliphatic heterocycles. The Morgan fingerprint density at radius 3 is 2.44 bits per heavy atom. The lowest BCUT2D eigenvalue weighted by molar-refractivity contribution is -0.385. The lowest BCUT2D eigenvalue weighted by Crippen LogP contribution is -2.16. The lowest BCUT2D eigenvalue weighted by Gasteiger charge is -2.14. The van der Waals surface area contributed by atoms with Crippen LogP contribution in [0, 0.1) is 10.1 Å². The highest BCUT2D eigenvalue weighted by molar-refractivity contribution is 5.93. The molecule has 0 aromatic heterocycles. The molecular weight excluding hydrogens is 324 g/mol. The Kier molecular flexibility index (Phi) is 5.84. The second-order valence-corrected chi connectivity index (χ2v) is 5.44. The van der Waals surface area contributed by atoms with E-state index in [4.69, 9.17) is 10.5 Å². The van der Waals surface area contributed by atoms with Crippen LogP contribution in [0.5, 0.6) is 0 Å². The molecule has 2 aromatic carbocycles. The molecule has 0 radical (unpaired) electrons. The highest BCUT2D eigenvalue weighted by Gasteiger charge is 2.22. The molecule has 7 heteroatoms. The number of hydrogen-bond acceptors (Lipinski definition) is 5. The van der Waals surface area contributed by atoms with Crippen LogP contribution in [0.3, 0.4) is 0 Å². The summed E-state index contributed by atoms with van der Waals surface area (Å²) in [5, 5.41) is 11.2. The first-order chi connectivity index (χ1) is 11.9. The minimum absolute atomic E-state index is 0.0255. The summed E-state index contributed by atoms with van der Waals surface area (Å²) in [5.41, 5.74) is 5.87. The van der Waals surface area contributed by atoms with Gasteiger partial charge < -0.3 is 10.5 Å². The summed E-state index contributed by atoms with van der Waals surface area (Å²) in [6, 6.07) is 13.0. The van der Waals surface area contributed by atoms with Crippen molar-refractivity contribution in [2.24, 2.45) is 5.73 Å².